The average molecular weight is 396 g/mol. The Balaban J connectivity index is 2.47. The molecule has 2 nitrogen and oxygen atoms in total. The van der Waals surface area contributed by atoms with Crippen LogP contribution in [0.15, 0.2) is 12.1 Å². The van der Waals surface area contributed by atoms with Crippen LogP contribution in [0.1, 0.15) is 6.92 Å². The third kappa shape index (κ3) is 2.91. The Morgan fingerprint density at radius 2 is 2.28 bits per heavy atom. The Bertz CT molecular complexity index is 620. The van der Waals surface area contributed by atoms with E-state index in [0.717, 1.165) is 23.3 Å². The monoisotopic (exact) mass is 396 g/mol. The minimum absolute atomic E-state index is 0.191. The number of fused-ring (bicyclic) bond motifs is 1. The largest absolute Gasteiger partial charge is 0.331 e. The lowest BCUT2D eigenvalue weighted by Gasteiger charge is -2.11. The van der Waals surface area contributed by atoms with Gasteiger partial charge in [-0.2, -0.15) is 11.8 Å². The third-order valence-electron chi connectivity index (χ3n) is 2.76. The molecule has 0 aliphatic rings. The molecule has 18 heavy (non-hydrogen) atoms. The first kappa shape index (κ1) is 14.3. The second kappa shape index (κ2) is 5.92. The van der Waals surface area contributed by atoms with Gasteiger partial charge < -0.3 is 9.55 Å². The molecule has 98 valence electrons. The van der Waals surface area contributed by atoms with Crippen molar-refractivity contribution in [2.75, 3.05) is 12.0 Å². The van der Waals surface area contributed by atoms with Gasteiger partial charge in [0.1, 0.15) is 5.82 Å². The molecule has 2 aromatic rings. The van der Waals surface area contributed by atoms with Crippen LogP contribution in [0.3, 0.4) is 0 Å². The van der Waals surface area contributed by atoms with E-state index in [0.29, 0.717) is 14.3 Å². The van der Waals surface area contributed by atoms with E-state index in [-0.39, 0.29) is 5.82 Å². The number of aromatic nitrogens is 2. The fraction of sp³-hybridized carbons (Fsp3) is 0.417. The van der Waals surface area contributed by atoms with Gasteiger partial charge in [0.15, 0.2) is 4.77 Å². The highest BCUT2D eigenvalue weighted by molar-refractivity contribution is 14.1. The lowest BCUT2D eigenvalue weighted by molar-refractivity contribution is 0.535. The summed E-state index contributed by atoms with van der Waals surface area (Å²) < 4.78 is 16.9. The first-order chi connectivity index (χ1) is 8.52. The Morgan fingerprint density at radius 3 is 2.94 bits per heavy atom. The number of hydrogen-bond acceptors (Lipinski definition) is 2. The van der Waals surface area contributed by atoms with Crippen LogP contribution in [-0.2, 0) is 6.54 Å². The van der Waals surface area contributed by atoms with Crippen LogP contribution in [-0.4, -0.2) is 21.6 Å². The summed E-state index contributed by atoms with van der Waals surface area (Å²) in [5.41, 5.74) is 1.76. The number of aromatic amines is 1. The highest BCUT2D eigenvalue weighted by atomic mass is 127. The molecule has 0 spiro atoms. The minimum Gasteiger partial charge on any atom is -0.331 e. The van der Waals surface area contributed by atoms with E-state index >= 15 is 0 Å². The van der Waals surface area contributed by atoms with Crippen LogP contribution in [0, 0.1) is 20.1 Å². The fourth-order valence-electron chi connectivity index (χ4n) is 1.98. The molecule has 1 atom stereocenters. The Labute approximate surface area is 128 Å². The molecule has 0 amide bonds. The standard InChI is InChI=1S/C12H14FIN2S2/c1-7(6-18-2)5-16-11-3-8(13)9(14)4-10(11)15-12(16)17/h3-4,7H,5-6H2,1-2H3,(H,15,17). The van der Waals surface area contributed by atoms with Crippen molar-refractivity contribution < 1.29 is 4.39 Å². The maximum Gasteiger partial charge on any atom is 0.178 e. The van der Waals surface area contributed by atoms with Crippen molar-refractivity contribution >= 4 is 57.6 Å². The summed E-state index contributed by atoms with van der Waals surface area (Å²) >= 11 is 9.12. The predicted molar refractivity (Wildman–Crippen MR) is 87.3 cm³/mol. The van der Waals surface area contributed by atoms with Crippen LogP contribution in [0.4, 0.5) is 4.39 Å². The van der Waals surface area contributed by atoms with Crippen LogP contribution in [0.25, 0.3) is 11.0 Å². The van der Waals surface area contributed by atoms with Gasteiger partial charge in [0.2, 0.25) is 0 Å². The van der Waals surface area contributed by atoms with Gasteiger partial charge in [-0.3, -0.25) is 0 Å². The van der Waals surface area contributed by atoms with Crippen molar-refractivity contribution in [3.05, 3.63) is 26.3 Å². The van der Waals surface area contributed by atoms with Crippen molar-refractivity contribution in [2.24, 2.45) is 5.92 Å². The van der Waals surface area contributed by atoms with Gasteiger partial charge in [-0.05, 0) is 58.8 Å². The maximum absolute atomic E-state index is 13.7. The van der Waals surface area contributed by atoms with E-state index in [4.69, 9.17) is 12.2 Å². The topological polar surface area (TPSA) is 20.7 Å². The smallest absolute Gasteiger partial charge is 0.178 e. The van der Waals surface area contributed by atoms with E-state index in [1.165, 1.54) is 0 Å². The summed E-state index contributed by atoms with van der Waals surface area (Å²) in [6, 6.07) is 3.37. The van der Waals surface area contributed by atoms with Crippen LogP contribution >= 0.6 is 46.6 Å². The van der Waals surface area contributed by atoms with E-state index in [2.05, 4.69) is 18.2 Å². The molecule has 0 aliphatic carbocycles. The first-order valence-corrected chi connectivity index (χ1v) is 8.47. The van der Waals surface area contributed by atoms with E-state index in [1.807, 2.05) is 38.9 Å². The second-order valence-electron chi connectivity index (χ2n) is 4.38. The molecule has 0 saturated heterocycles. The lowest BCUT2D eigenvalue weighted by Crippen LogP contribution is -2.09. The molecule has 1 aromatic heterocycles. The van der Waals surface area contributed by atoms with Gasteiger partial charge in [-0.25, -0.2) is 4.39 Å². The Kier molecular flexibility index (Phi) is 4.71. The molecular formula is C12H14FIN2S2. The van der Waals surface area contributed by atoms with E-state index in [9.17, 15) is 4.39 Å². The zero-order chi connectivity index (χ0) is 13.3. The molecule has 1 heterocycles. The molecule has 0 bridgehead atoms. The molecule has 0 saturated carbocycles. The summed E-state index contributed by atoms with van der Waals surface area (Å²) in [6.45, 7) is 3.00. The third-order valence-corrected chi connectivity index (χ3v) is 4.81. The van der Waals surface area contributed by atoms with Gasteiger partial charge in [0.25, 0.3) is 0 Å². The quantitative estimate of drug-likeness (QED) is 0.609. The molecule has 0 fully saturated rings. The highest BCUT2D eigenvalue weighted by Gasteiger charge is 2.11. The normalized spacial score (nSPS) is 13.1. The zero-order valence-electron chi connectivity index (χ0n) is 10.2. The molecular weight excluding hydrogens is 382 g/mol. The summed E-state index contributed by atoms with van der Waals surface area (Å²) in [5, 5.41) is 0. The van der Waals surface area contributed by atoms with Gasteiger partial charge in [-0.15, -0.1) is 0 Å². The van der Waals surface area contributed by atoms with Crippen molar-refractivity contribution in [2.45, 2.75) is 13.5 Å². The van der Waals surface area contributed by atoms with Crippen LogP contribution in [0.5, 0.6) is 0 Å². The first-order valence-electron chi connectivity index (χ1n) is 5.59. The molecule has 2 rings (SSSR count). The number of thioether (sulfide) groups is 1. The number of H-pyrrole nitrogens is 1. The van der Waals surface area contributed by atoms with Gasteiger partial charge >= 0.3 is 0 Å². The number of imidazole rings is 1. The van der Waals surface area contributed by atoms with Crippen molar-refractivity contribution in [3.8, 4) is 0 Å². The van der Waals surface area contributed by atoms with Crippen molar-refractivity contribution in [1.82, 2.24) is 9.55 Å². The average Bonchev–Trinajstić information content (AvgIpc) is 2.57. The Morgan fingerprint density at radius 1 is 1.56 bits per heavy atom. The molecule has 1 N–H and O–H groups in total. The van der Waals surface area contributed by atoms with Crippen molar-refractivity contribution in [3.63, 3.8) is 0 Å². The van der Waals surface area contributed by atoms with Crippen LogP contribution < -0.4 is 0 Å². The minimum atomic E-state index is -0.191. The van der Waals surface area contributed by atoms with E-state index in [1.54, 1.807) is 12.1 Å². The summed E-state index contributed by atoms with van der Waals surface area (Å²) in [7, 11) is 0. The molecule has 1 unspecified atom stereocenters. The molecule has 0 aliphatic heterocycles. The highest BCUT2D eigenvalue weighted by Crippen LogP contribution is 2.22. The number of nitrogens with one attached hydrogen (secondary N) is 1. The van der Waals surface area contributed by atoms with Gasteiger partial charge in [-0.1, -0.05) is 6.92 Å². The summed E-state index contributed by atoms with van der Waals surface area (Å²) in [5.74, 6) is 1.39. The van der Waals surface area contributed by atoms with Gasteiger partial charge in [0, 0.05) is 12.6 Å². The number of nitrogens with zero attached hydrogens (tertiary/aromatic N) is 1. The molecule has 0 radical (unpaired) electrons. The van der Waals surface area contributed by atoms with Crippen molar-refractivity contribution in [1.29, 1.82) is 0 Å². The number of halogens is 2. The lowest BCUT2D eigenvalue weighted by atomic mass is 10.2. The van der Waals surface area contributed by atoms with Crippen LogP contribution in [0.2, 0.25) is 0 Å². The molecule has 6 heteroatoms. The summed E-state index contributed by atoms with van der Waals surface area (Å²) in [4.78, 5) is 3.14. The SMILES string of the molecule is CSCC(C)Cn1c(=S)[nH]c2cc(I)c(F)cc21. The number of hydrogen-bond donors (Lipinski definition) is 1. The fourth-order valence-corrected chi connectivity index (χ4v) is 3.41. The second-order valence-corrected chi connectivity index (χ2v) is 6.84. The zero-order valence-corrected chi connectivity index (χ0v) is 14.0. The molecule has 1 aromatic carbocycles. The number of benzene rings is 1. The summed E-state index contributed by atoms with van der Waals surface area (Å²) in [6.07, 6.45) is 2.09. The van der Waals surface area contributed by atoms with E-state index < -0.39 is 0 Å². The maximum atomic E-state index is 13.7. The Hall–Kier alpha value is -0.0800. The number of rotatable bonds is 4. The van der Waals surface area contributed by atoms with Gasteiger partial charge in [0.05, 0.1) is 14.6 Å². The predicted octanol–water partition coefficient (Wildman–Crippen LogP) is 4.44.